The highest BCUT2D eigenvalue weighted by atomic mass is 35.5. The number of thioether (sulfide) groups is 1. The molecule has 5 aliphatic rings. The largest absolute Gasteiger partial charge is 0.338 e. The minimum absolute atomic E-state index is 0.0453. The third-order valence-electron chi connectivity index (χ3n) is 10.1. The summed E-state index contributed by atoms with van der Waals surface area (Å²) in [4.78, 5) is 40.9. The third-order valence-corrected chi connectivity index (χ3v) is 11.6. The number of likely N-dealkylation sites (N-methyl/N-ethyl adjacent to an activating group) is 1. The van der Waals surface area contributed by atoms with E-state index in [4.69, 9.17) is 28.2 Å². The number of halogens is 2. The van der Waals surface area contributed by atoms with Gasteiger partial charge in [-0.25, -0.2) is 4.99 Å². The molecule has 3 fully saturated rings. The molecule has 1 N–H and O–H groups in total. The van der Waals surface area contributed by atoms with E-state index in [9.17, 15) is 9.59 Å². The van der Waals surface area contributed by atoms with Crippen molar-refractivity contribution in [1.82, 2.24) is 20.0 Å². The van der Waals surface area contributed by atoms with E-state index < -0.39 is 11.1 Å². The van der Waals surface area contributed by atoms with Crippen LogP contribution in [-0.4, -0.2) is 68.9 Å². The van der Waals surface area contributed by atoms with E-state index in [0.717, 1.165) is 47.9 Å². The molecule has 0 radical (unpaired) electrons. The van der Waals surface area contributed by atoms with Crippen LogP contribution in [0.25, 0.3) is 0 Å². The maximum absolute atomic E-state index is 14.6. The minimum Gasteiger partial charge on any atom is -0.338 e. The van der Waals surface area contributed by atoms with Crippen molar-refractivity contribution in [3.63, 3.8) is 0 Å². The van der Waals surface area contributed by atoms with Gasteiger partial charge in [0.25, 0.3) is 5.91 Å². The summed E-state index contributed by atoms with van der Waals surface area (Å²) in [6.45, 7) is 11.1. The Morgan fingerprint density at radius 2 is 1.68 bits per heavy atom. The van der Waals surface area contributed by atoms with E-state index in [1.54, 1.807) is 0 Å². The second kappa shape index (κ2) is 10.8. The van der Waals surface area contributed by atoms with Gasteiger partial charge in [-0.3, -0.25) is 9.59 Å². The first-order chi connectivity index (χ1) is 21.0. The maximum Gasteiger partial charge on any atom is 0.263 e. The fourth-order valence-electron chi connectivity index (χ4n) is 7.46. The Morgan fingerprint density at radius 1 is 1.05 bits per heavy atom. The van der Waals surface area contributed by atoms with Crippen molar-refractivity contribution in [3.05, 3.63) is 80.3 Å². The first kappa shape index (κ1) is 30.2. The first-order valence-corrected chi connectivity index (χ1v) is 17.3. The number of carbonyl (C=O) groups excluding carboxylic acids is 2. The molecule has 44 heavy (non-hydrogen) atoms. The van der Waals surface area contributed by atoms with Gasteiger partial charge in [0.1, 0.15) is 16.0 Å². The van der Waals surface area contributed by atoms with Gasteiger partial charge in [0.2, 0.25) is 5.91 Å². The number of hydrogen-bond donors (Lipinski definition) is 1. The average molecular weight is 653 g/mol. The molecule has 2 atom stereocenters. The highest BCUT2D eigenvalue weighted by molar-refractivity contribution is 8.18. The monoisotopic (exact) mass is 651 g/mol. The third kappa shape index (κ3) is 4.79. The SMILES string of the molecule is CCN(C(=O)C1=C(C(C)C)N2C(=N[C@@](C)(c3ccc(Cl)cc3)[C@H]2c2ccc(Cl)cc2)S1)C1(C(=O)N2CCNC3(CC3)C2)CC1. The van der Waals surface area contributed by atoms with E-state index >= 15 is 0 Å². The molecule has 2 aliphatic carbocycles. The van der Waals surface area contributed by atoms with Gasteiger partial charge in [-0.05, 0) is 92.6 Å². The van der Waals surface area contributed by atoms with Gasteiger partial charge in [-0.1, -0.05) is 61.3 Å². The number of hydrogen-bond acceptors (Lipinski definition) is 6. The zero-order chi connectivity index (χ0) is 31.0. The summed E-state index contributed by atoms with van der Waals surface area (Å²) in [7, 11) is 0. The summed E-state index contributed by atoms with van der Waals surface area (Å²) in [6.07, 6.45) is 3.65. The number of rotatable bonds is 7. The summed E-state index contributed by atoms with van der Waals surface area (Å²) in [5.74, 6) is 0.0924. The van der Waals surface area contributed by atoms with Crippen LogP contribution in [0.15, 0.2) is 64.1 Å². The van der Waals surface area contributed by atoms with Crippen LogP contribution in [0.5, 0.6) is 0 Å². The number of fused-ring (bicyclic) bond motifs is 1. The molecular weight excluding hydrogens is 613 g/mol. The van der Waals surface area contributed by atoms with Gasteiger partial charge in [0.15, 0.2) is 5.17 Å². The molecule has 7 rings (SSSR count). The Hall–Kier alpha value is -2.52. The van der Waals surface area contributed by atoms with Crippen LogP contribution >= 0.6 is 35.0 Å². The fourth-order valence-corrected chi connectivity index (χ4v) is 9.06. The lowest BCUT2D eigenvalue weighted by atomic mass is 9.81. The highest BCUT2D eigenvalue weighted by Gasteiger charge is 2.61. The molecular formula is C34H39Cl2N5O2S. The first-order valence-electron chi connectivity index (χ1n) is 15.7. The average Bonchev–Trinajstić information content (AvgIpc) is 3.90. The van der Waals surface area contributed by atoms with Crippen molar-refractivity contribution in [2.75, 3.05) is 26.2 Å². The molecule has 1 spiro atoms. The van der Waals surface area contributed by atoms with Crippen LogP contribution in [0, 0.1) is 5.92 Å². The van der Waals surface area contributed by atoms with Crippen LogP contribution in [-0.2, 0) is 15.1 Å². The van der Waals surface area contributed by atoms with Crippen LogP contribution < -0.4 is 5.32 Å². The Bertz CT molecular complexity index is 1560. The van der Waals surface area contributed by atoms with Gasteiger partial charge in [0, 0.05) is 47.5 Å². The zero-order valence-corrected chi connectivity index (χ0v) is 28.0. The smallest absolute Gasteiger partial charge is 0.263 e. The standard InChI is InChI=1S/C34H39Cl2N5O2S/c1-5-40(34(16-17-34)30(43)39-19-18-37-33(20-39)14-15-33)29(42)27-26(21(2)3)41-28(22-6-10-24(35)11-7-22)32(4,38-31(41)44-27)23-8-12-25(36)13-9-23/h6-13,21,28,37H,5,14-20H2,1-4H3/t28-,32+/m1/s1. The van der Waals surface area contributed by atoms with E-state index in [1.807, 2.05) is 53.1 Å². The van der Waals surface area contributed by atoms with E-state index in [-0.39, 0.29) is 29.3 Å². The summed E-state index contributed by atoms with van der Waals surface area (Å²) in [5.41, 5.74) is 1.77. The van der Waals surface area contributed by atoms with Crippen molar-refractivity contribution in [1.29, 1.82) is 0 Å². The number of piperazine rings is 1. The van der Waals surface area contributed by atoms with Gasteiger partial charge < -0.3 is 20.0 Å². The van der Waals surface area contributed by atoms with E-state index in [0.29, 0.717) is 40.9 Å². The van der Waals surface area contributed by atoms with Crippen molar-refractivity contribution >= 4 is 51.9 Å². The van der Waals surface area contributed by atoms with Gasteiger partial charge in [-0.15, -0.1) is 0 Å². The summed E-state index contributed by atoms with van der Waals surface area (Å²) < 4.78 is 0. The molecule has 2 aromatic rings. The molecule has 2 aromatic carbocycles. The van der Waals surface area contributed by atoms with E-state index in [1.165, 1.54) is 11.8 Å². The number of nitrogens with one attached hydrogen (secondary N) is 1. The van der Waals surface area contributed by atoms with Crippen molar-refractivity contribution in [3.8, 4) is 0 Å². The number of allylic oxidation sites excluding steroid dienone is 1. The second-order valence-electron chi connectivity index (χ2n) is 13.4. The Labute approximate surface area is 274 Å². The van der Waals surface area contributed by atoms with Gasteiger partial charge in [-0.2, -0.15) is 0 Å². The molecule has 0 unspecified atom stereocenters. The number of carbonyl (C=O) groups is 2. The predicted molar refractivity (Wildman–Crippen MR) is 178 cm³/mol. The maximum atomic E-state index is 14.6. The van der Waals surface area contributed by atoms with Crippen LogP contribution in [0.2, 0.25) is 10.0 Å². The second-order valence-corrected chi connectivity index (χ2v) is 15.2. The number of nitrogens with zero attached hydrogens (tertiary/aromatic N) is 4. The molecule has 2 amide bonds. The lowest BCUT2D eigenvalue weighted by Gasteiger charge is -2.40. The zero-order valence-electron chi connectivity index (χ0n) is 25.7. The normalized spacial score (nSPS) is 26.2. The van der Waals surface area contributed by atoms with Gasteiger partial charge in [0.05, 0.1) is 6.04 Å². The summed E-state index contributed by atoms with van der Waals surface area (Å²) >= 11 is 14.1. The molecule has 3 aliphatic heterocycles. The topological polar surface area (TPSA) is 68.2 Å². The summed E-state index contributed by atoms with van der Waals surface area (Å²) in [5, 5.41) is 5.75. The molecule has 7 nitrogen and oxygen atoms in total. The Kier molecular flexibility index (Phi) is 7.39. The predicted octanol–water partition coefficient (Wildman–Crippen LogP) is 6.58. The van der Waals surface area contributed by atoms with Crippen LogP contribution in [0.3, 0.4) is 0 Å². The number of amides is 2. The number of amidine groups is 1. The van der Waals surface area contributed by atoms with Crippen molar-refractivity contribution in [2.24, 2.45) is 10.9 Å². The lowest BCUT2D eigenvalue weighted by molar-refractivity contribution is -0.146. The highest BCUT2D eigenvalue weighted by Crippen LogP contribution is 2.57. The molecule has 2 saturated carbocycles. The summed E-state index contributed by atoms with van der Waals surface area (Å²) in [6, 6.07) is 15.6. The Balaban J connectivity index is 1.26. The number of aliphatic imine (C=N–C) groups is 1. The Morgan fingerprint density at radius 3 is 2.25 bits per heavy atom. The molecule has 1 saturated heterocycles. The molecule has 0 aromatic heterocycles. The molecule has 232 valence electrons. The number of benzene rings is 2. The van der Waals surface area contributed by atoms with Gasteiger partial charge >= 0.3 is 0 Å². The van der Waals surface area contributed by atoms with Crippen LogP contribution in [0.4, 0.5) is 0 Å². The van der Waals surface area contributed by atoms with E-state index in [2.05, 4.69) is 43.1 Å². The van der Waals surface area contributed by atoms with Crippen molar-refractivity contribution < 1.29 is 9.59 Å². The molecule has 3 heterocycles. The fraction of sp³-hybridized carbons (Fsp3) is 0.500. The minimum atomic E-state index is -0.753. The lowest BCUT2D eigenvalue weighted by Crippen LogP contribution is -2.60. The quantitative estimate of drug-likeness (QED) is 0.366. The molecule has 0 bridgehead atoms. The van der Waals surface area contributed by atoms with Crippen molar-refractivity contribution in [2.45, 2.75) is 76.0 Å². The van der Waals surface area contributed by atoms with Crippen LogP contribution in [0.1, 0.15) is 70.5 Å². The molecule has 10 heteroatoms.